The van der Waals surface area contributed by atoms with Crippen molar-refractivity contribution in [2.45, 2.75) is 70.2 Å². The number of carbonyl (C=O) groups is 1. The Morgan fingerprint density at radius 2 is 1.64 bits per heavy atom. The molecule has 0 saturated carbocycles. The molecule has 1 aromatic rings. The van der Waals surface area contributed by atoms with Gasteiger partial charge in [0, 0.05) is 6.42 Å². The Labute approximate surface area is 168 Å². The first-order valence-corrected chi connectivity index (χ1v) is 10.0. The fourth-order valence-electron chi connectivity index (χ4n) is 2.79. The highest BCUT2D eigenvalue weighted by atomic mass is 16.5. The summed E-state index contributed by atoms with van der Waals surface area (Å²) in [7, 11) is 1.33. The predicted molar refractivity (Wildman–Crippen MR) is 113 cm³/mol. The Balaban J connectivity index is 2.62. The standard InChI is InChI=1S/C23H34O5/c1-3-4-5-11-20(24)16-14-18-9-6-7-10-19(18)15-17-22(26)21(25)12-8-13-23(27)28-2/h6-7,9-10,14-17,20-22,24-26H,3-5,8,11-13H2,1-2H3/t20?,21-,22+/m0/s1. The first kappa shape index (κ1) is 24.1. The summed E-state index contributed by atoms with van der Waals surface area (Å²) in [5.41, 5.74) is 1.82. The van der Waals surface area contributed by atoms with Gasteiger partial charge in [0.25, 0.3) is 0 Å². The summed E-state index contributed by atoms with van der Waals surface area (Å²) in [6.45, 7) is 2.13. The zero-order valence-electron chi connectivity index (χ0n) is 17.0. The number of aliphatic hydroxyl groups excluding tert-OH is 3. The smallest absolute Gasteiger partial charge is 0.305 e. The molecule has 1 unspecified atom stereocenters. The maximum absolute atomic E-state index is 11.1. The van der Waals surface area contributed by atoms with Crippen LogP contribution < -0.4 is 0 Å². The number of carbonyl (C=O) groups excluding carboxylic acids is 1. The van der Waals surface area contributed by atoms with E-state index in [1.807, 2.05) is 30.3 Å². The van der Waals surface area contributed by atoms with E-state index in [1.165, 1.54) is 7.11 Å². The molecule has 0 amide bonds. The summed E-state index contributed by atoms with van der Waals surface area (Å²) in [5.74, 6) is -0.324. The largest absolute Gasteiger partial charge is 0.469 e. The molecule has 156 valence electrons. The van der Waals surface area contributed by atoms with E-state index in [1.54, 1.807) is 18.2 Å². The third-order valence-electron chi connectivity index (χ3n) is 4.57. The molecule has 1 rings (SSSR count). The van der Waals surface area contributed by atoms with Crippen LogP contribution in [-0.4, -0.2) is 46.7 Å². The van der Waals surface area contributed by atoms with E-state index >= 15 is 0 Å². The van der Waals surface area contributed by atoms with Crippen LogP contribution in [-0.2, 0) is 9.53 Å². The highest BCUT2D eigenvalue weighted by Crippen LogP contribution is 2.16. The van der Waals surface area contributed by atoms with Gasteiger partial charge in [0.05, 0.1) is 25.4 Å². The van der Waals surface area contributed by atoms with E-state index in [9.17, 15) is 20.1 Å². The number of hydrogen-bond acceptors (Lipinski definition) is 5. The van der Waals surface area contributed by atoms with Crippen LogP contribution in [0.5, 0.6) is 0 Å². The molecule has 0 fully saturated rings. The molecule has 0 heterocycles. The molecule has 3 N–H and O–H groups in total. The van der Waals surface area contributed by atoms with Crippen molar-refractivity contribution in [3.8, 4) is 0 Å². The number of unbranched alkanes of at least 4 members (excludes halogenated alkanes) is 2. The minimum absolute atomic E-state index is 0.220. The number of ether oxygens (including phenoxy) is 1. The van der Waals surface area contributed by atoms with E-state index in [0.29, 0.717) is 12.8 Å². The lowest BCUT2D eigenvalue weighted by molar-refractivity contribution is -0.140. The van der Waals surface area contributed by atoms with Crippen LogP contribution in [0.2, 0.25) is 0 Å². The molecule has 0 spiro atoms. The molecule has 0 aliphatic carbocycles. The zero-order valence-corrected chi connectivity index (χ0v) is 17.0. The maximum atomic E-state index is 11.1. The minimum atomic E-state index is -1.02. The Morgan fingerprint density at radius 1 is 1.00 bits per heavy atom. The van der Waals surface area contributed by atoms with Crippen molar-refractivity contribution in [2.75, 3.05) is 7.11 Å². The van der Waals surface area contributed by atoms with Gasteiger partial charge in [-0.15, -0.1) is 0 Å². The van der Waals surface area contributed by atoms with E-state index in [-0.39, 0.29) is 12.4 Å². The predicted octanol–water partition coefficient (Wildman–Crippen LogP) is 3.72. The lowest BCUT2D eigenvalue weighted by atomic mass is 10.0. The Kier molecular flexibility index (Phi) is 12.1. The highest BCUT2D eigenvalue weighted by Gasteiger charge is 2.14. The summed E-state index contributed by atoms with van der Waals surface area (Å²) >= 11 is 0. The van der Waals surface area contributed by atoms with Gasteiger partial charge < -0.3 is 20.1 Å². The van der Waals surface area contributed by atoms with Crippen LogP contribution in [0.3, 0.4) is 0 Å². The molecule has 28 heavy (non-hydrogen) atoms. The lowest BCUT2D eigenvalue weighted by Crippen LogP contribution is -2.23. The molecule has 0 aliphatic rings. The normalized spacial score (nSPS) is 15.0. The summed E-state index contributed by atoms with van der Waals surface area (Å²) in [4.78, 5) is 11.1. The van der Waals surface area contributed by atoms with Crippen LogP contribution in [0.15, 0.2) is 36.4 Å². The molecule has 3 atom stereocenters. The summed E-state index contributed by atoms with van der Waals surface area (Å²) in [6.07, 6.45) is 9.54. The molecular weight excluding hydrogens is 356 g/mol. The van der Waals surface area contributed by atoms with E-state index in [0.717, 1.165) is 36.8 Å². The second-order valence-electron chi connectivity index (χ2n) is 6.94. The summed E-state index contributed by atoms with van der Waals surface area (Å²) in [5, 5.41) is 30.2. The van der Waals surface area contributed by atoms with Crippen molar-refractivity contribution >= 4 is 18.1 Å². The zero-order chi connectivity index (χ0) is 20.8. The minimum Gasteiger partial charge on any atom is -0.469 e. The number of aliphatic hydroxyl groups is 3. The van der Waals surface area contributed by atoms with Gasteiger partial charge in [0.2, 0.25) is 0 Å². The van der Waals surface area contributed by atoms with Gasteiger partial charge in [-0.1, -0.05) is 74.8 Å². The molecule has 0 saturated heterocycles. The van der Waals surface area contributed by atoms with Crippen molar-refractivity contribution < 1.29 is 24.9 Å². The van der Waals surface area contributed by atoms with Gasteiger partial charge in [0.1, 0.15) is 0 Å². The van der Waals surface area contributed by atoms with E-state index < -0.39 is 18.3 Å². The van der Waals surface area contributed by atoms with Crippen LogP contribution >= 0.6 is 0 Å². The van der Waals surface area contributed by atoms with Gasteiger partial charge in [-0.2, -0.15) is 0 Å². The van der Waals surface area contributed by atoms with Gasteiger partial charge >= 0.3 is 5.97 Å². The first-order valence-electron chi connectivity index (χ1n) is 10.0. The van der Waals surface area contributed by atoms with Crippen molar-refractivity contribution in [1.82, 2.24) is 0 Å². The SMILES string of the molecule is CCCCCC(O)C=Cc1ccccc1C=C[C@@H](O)[C@@H](O)CCCC(=O)OC. The Morgan fingerprint density at radius 3 is 2.25 bits per heavy atom. The molecule has 5 nitrogen and oxygen atoms in total. The summed E-state index contributed by atoms with van der Waals surface area (Å²) < 4.78 is 4.56. The maximum Gasteiger partial charge on any atom is 0.305 e. The van der Waals surface area contributed by atoms with E-state index in [2.05, 4.69) is 11.7 Å². The fourth-order valence-corrected chi connectivity index (χ4v) is 2.79. The monoisotopic (exact) mass is 390 g/mol. The van der Waals surface area contributed by atoms with Gasteiger partial charge in [-0.25, -0.2) is 0 Å². The third kappa shape index (κ3) is 9.83. The van der Waals surface area contributed by atoms with Gasteiger partial charge in [-0.05, 0) is 30.4 Å². The fraction of sp³-hybridized carbons (Fsp3) is 0.522. The number of esters is 1. The summed E-state index contributed by atoms with van der Waals surface area (Å²) in [6, 6.07) is 7.66. The number of rotatable bonds is 13. The average Bonchev–Trinajstić information content (AvgIpc) is 2.70. The third-order valence-corrected chi connectivity index (χ3v) is 4.57. The molecule has 1 aromatic carbocycles. The average molecular weight is 391 g/mol. The van der Waals surface area contributed by atoms with Crippen LogP contribution in [0.1, 0.15) is 63.0 Å². The van der Waals surface area contributed by atoms with Crippen LogP contribution in [0.4, 0.5) is 0 Å². The molecule has 0 aromatic heterocycles. The topological polar surface area (TPSA) is 87.0 Å². The van der Waals surface area contributed by atoms with Crippen molar-refractivity contribution in [3.05, 3.63) is 47.5 Å². The Bertz CT molecular complexity index is 623. The van der Waals surface area contributed by atoms with E-state index in [4.69, 9.17) is 0 Å². The van der Waals surface area contributed by atoms with Crippen LogP contribution in [0.25, 0.3) is 12.2 Å². The lowest BCUT2D eigenvalue weighted by Gasteiger charge is -2.14. The van der Waals surface area contributed by atoms with Crippen molar-refractivity contribution in [3.63, 3.8) is 0 Å². The Hall–Kier alpha value is -1.95. The second kappa shape index (κ2) is 14.1. The molecule has 5 heteroatoms. The van der Waals surface area contributed by atoms with Gasteiger partial charge in [0.15, 0.2) is 0 Å². The van der Waals surface area contributed by atoms with Crippen molar-refractivity contribution in [1.29, 1.82) is 0 Å². The second-order valence-corrected chi connectivity index (χ2v) is 6.94. The number of methoxy groups -OCH3 is 1. The molecule has 0 aliphatic heterocycles. The molecule has 0 radical (unpaired) electrons. The van der Waals surface area contributed by atoms with Gasteiger partial charge in [-0.3, -0.25) is 4.79 Å². The van der Waals surface area contributed by atoms with Crippen LogP contribution in [0, 0.1) is 0 Å². The molecule has 0 bridgehead atoms. The van der Waals surface area contributed by atoms with Crippen molar-refractivity contribution in [2.24, 2.45) is 0 Å². The number of hydrogen-bond donors (Lipinski definition) is 3. The first-order chi connectivity index (χ1) is 13.5. The molecular formula is C23H34O5. The quantitative estimate of drug-likeness (QED) is 0.353. The number of benzene rings is 1. The highest BCUT2D eigenvalue weighted by molar-refractivity contribution is 5.69.